The highest BCUT2D eigenvalue weighted by Gasteiger charge is 2.34. The largest absolute Gasteiger partial charge is 0.418 e. The van der Waals surface area contributed by atoms with Crippen molar-refractivity contribution >= 4 is 0 Å². The van der Waals surface area contributed by atoms with Crippen LogP contribution in [0.3, 0.4) is 0 Å². The van der Waals surface area contributed by atoms with Gasteiger partial charge in [0.05, 0.1) is 35.3 Å². The number of alkyl halides is 5. The second kappa shape index (κ2) is 9.03. The van der Waals surface area contributed by atoms with Crippen molar-refractivity contribution < 1.29 is 22.0 Å². The highest BCUT2D eigenvalue weighted by molar-refractivity contribution is 5.60. The summed E-state index contributed by atoms with van der Waals surface area (Å²) in [7, 11) is 1.47. The number of aryl methyl sites for hydroxylation is 1. The van der Waals surface area contributed by atoms with E-state index >= 15 is 0 Å². The van der Waals surface area contributed by atoms with Crippen molar-refractivity contribution in [2.45, 2.75) is 57.2 Å². The number of nitrogens with zero attached hydrogens (tertiary/aromatic N) is 5. The van der Waals surface area contributed by atoms with Crippen LogP contribution in [0.1, 0.15) is 66.8 Å². The Labute approximate surface area is 186 Å². The molecule has 1 fully saturated rings. The molecular weight excluding hydrogens is 445 g/mol. The van der Waals surface area contributed by atoms with E-state index in [0.29, 0.717) is 5.56 Å². The van der Waals surface area contributed by atoms with E-state index in [1.54, 1.807) is 0 Å². The summed E-state index contributed by atoms with van der Waals surface area (Å²) in [5.74, 6) is -0.117. The molecule has 1 saturated carbocycles. The summed E-state index contributed by atoms with van der Waals surface area (Å²) in [6.07, 6.45) is -0.934. The van der Waals surface area contributed by atoms with Gasteiger partial charge in [0.25, 0.3) is 12.0 Å². The van der Waals surface area contributed by atoms with Gasteiger partial charge in [0.15, 0.2) is 0 Å². The third-order valence-corrected chi connectivity index (χ3v) is 5.99. The molecule has 0 unspecified atom stereocenters. The van der Waals surface area contributed by atoms with Crippen molar-refractivity contribution in [3.05, 3.63) is 63.3 Å². The molecule has 0 aliphatic heterocycles. The highest BCUT2D eigenvalue weighted by atomic mass is 19.4. The van der Waals surface area contributed by atoms with E-state index in [-0.39, 0.29) is 28.6 Å². The van der Waals surface area contributed by atoms with Crippen LogP contribution in [0, 0.1) is 0 Å². The van der Waals surface area contributed by atoms with Gasteiger partial charge in [-0.25, -0.2) is 13.5 Å². The molecule has 0 atom stereocenters. The molecule has 3 aromatic rings. The van der Waals surface area contributed by atoms with Crippen LogP contribution in [0.4, 0.5) is 22.0 Å². The fourth-order valence-electron chi connectivity index (χ4n) is 4.38. The zero-order valence-corrected chi connectivity index (χ0v) is 17.8. The predicted octanol–water partition coefficient (Wildman–Crippen LogP) is 5.09. The van der Waals surface area contributed by atoms with Gasteiger partial charge >= 0.3 is 6.18 Å². The van der Waals surface area contributed by atoms with Crippen LogP contribution in [0.15, 0.2) is 35.4 Å². The molecule has 0 N–H and O–H groups in total. The van der Waals surface area contributed by atoms with E-state index < -0.39 is 30.3 Å². The van der Waals surface area contributed by atoms with Gasteiger partial charge in [-0.1, -0.05) is 19.3 Å². The van der Waals surface area contributed by atoms with E-state index in [9.17, 15) is 26.7 Å². The third kappa shape index (κ3) is 4.67. The third-order valence-electron chi connectivity index (χ3n) is 5.99. The summed E-state index contributed by atoms with van der Waals surface area (Å²) >= 11 is 0. The maximum absolute atomic E-state index is 13.6. The second-order valence-electron chi connectivity index (χ2n) is 8.15. The first-order valence-electron chi connectivity index (χ1n) is 10.6. The van der Waals surface area contributed by atoms with Crippen molar-refractivity contribution in [1.82, 2.24) is 24.5 Å². The minimum Gasteiger partial charge on any atom is -0.267 e. The molecule has 4 rings (SSSR count). The number of hydrogen-bond donors (Lipinski definition) is 0. The topological polar surface area (TPSA) is 65.6 Å². The molecule has 3 heterocycles. The van der Waals surface area contributed by atoms with Crippen LogP contribution in [-0.4, -0.2) is 24.5 Å². The summed E-state index contributed by atoms with van der Waals surface area (Å²) in [5, 5.41) is 8.08. The molecule has 0 aromatic carbocycles. The number of pyridine rings is 1. The highest BCUT2D eigenvalue weighted by Crippen LogP contribution is 2.35. The van der Waals surface area contributed by atoms with E-state index in [2.05, 4.69) is 15.2 Å². The van der Waals surface area contributed by atoms with Crippen LogP contribution in [-0.2, 0) is 19.8 Å². The van der Waals surface area contributed by atoms with Crippen LogP contribution < -0.4 is 5.56 Å². The fraction of sp³-hybridized carbons (Fsp3) is 0.455. The van der Waals surface area contributed by atoms with Crippen molar-refractivity contribution in [2.24, 2.45) is 7.05 Å². The minimum absolute atomic E-state index is 0.0212. The van der Waals surface area contributed by atoms with Gasteiger partial charge in [-0.05, 0) is 37.0 Å². The first-order valence-corrected chi connectivity index (χ1v) is 10.6. The Morgan fingerprint density at radius 2 is 1.91 bits per heavy atom. The van der Waals surface area contributed by atoms with Crippen LogP contribution in [0.2, 0.25) is 0 Å². The maximum atomic E-state index is 13.6. The lowest BCUT2D eigenvalue weighted by atomic mass is 9.84. The zero-order chi connectivity index (χ0) is 23.8. The first kappa shape index (κ1) is 23.1. The van der Waals surface area contributed by atoms with Gasteiger partial charge < -0.3 is 0 Å². The minimum atomic E-state index is -4.66. The maximum Gasteiger partial charge on any atom is 0.418 e. The molecule has 0 spiro atoms. The Morgan fingerprint density at radius 1 is 1.18 bits per heavy atom. The lowest BCUT2D eigenvalue weighted by Crippen LogP contribution is -2.30. The summed E-state index contributed by atoms with van der Waals surface area (Å²) in [4.78, 5) is 17.1. The van der Waals surface area contributed by atoms with E-state index in [4.69, 9.17) is 0 Å². The molecule has 176 valence electrons. The van der Waals surface area contributed by atoms with Gasteiger partial charge in [-0.3, -0.25) is 14.5 Å². The Kier molecular flexibility index (Phi) is 6.31. The van der Waals surface area contributed by atoms with Crippen molar-refractivity contribution in [3.63, 3.8) is 0 Å². The fourth-order valence-corrected chi connectivity index (χ4v) is 4.38. The predicted molar refractivity (Wildman–Crippen MR) is 110 cm³/mol. The average Bonchev–Trinajstić information content (AvgIpc) is 3.17. The molecule has 0 saturated heterocycles. The van der Waals surface area contributed by atoms with Crippen molar-refractivity contribution in [3.8, 4) is 11.4 Å². The lowest BCUT2D eigenvalue weighted by Gasteiger charge is -2.23. The molecule has 6 nitrogen and oxygen atoms in total. The lowest BCUT2D eigenvalue weighted by molar-refractivity contribution is -0.138. The van der Waals surface area contributed by atoms with Crippen LogP contribution in [0.25, 0.3) is 11.4 Å². The average molecular weight is 467 g/mol. The number of rotatable bonds is 5. The molecule has 0 bridgehead atoms. The molecule has 1 aliphatic carbocycles. The number of halogens is 5. The monoisotopic (exact) mass is 467 g/mol. The molecule has 33 heavy (non-hydrogen) atoms. The zero-order valence-electron chi connectivity index (χ0n) is 17.8. The standard InChI is InChI=1S/C22H22F5N5O/c1-31-19(15(11-29-31)20(23)24)17-10-14(13-6-3-2-4-7-13)21(33)32(30-17)12-18-16(22(25,26)27)8-5-9-28-18/h5,8-11,13,20H,2-4,6-7,12H2,1H3. The van der Waals surface area contributed by atoms with Gasteiger partial charge in [0.1, 0.15) is 5.69 Å². The first-order chi connectivity index (χ1) is 15.7. The number of aromatic nitrogens is 5. The summed E-state index contributed by atoms with van der Waals surface area (Å²) in [5.41, 5.74) is -1.79. The van der Waals surface area contributed by atoms with Gasteiger partial charge in [0.2, 0.25) is 0 Å². The van der Waals surface area contributed by atoms with Crippen LogP contribution in [0.5, 0.6) is 0 Å². The van der Waals surface area contributed by atoms with E-state index in [1.807, 2.05) is 0 Å². The Morgan fingerprint density at radius 3 is 2.58 bits per heavy atom. The van der Waals surface area contributed by atoms with Crippen molar-refractivity contribution in [2.75, 3.05) is 0 Å². The van der Waals surface area contributed by atoms with Crippen LogP contribution >= 0.6 is 0 Å². The van der Waals surface area contributed by atoms with E-state index in [0.717, 1.165) is 55.1 Å². The van der Waals surface area contributed by atoms with Crippen molar-refractivity contribution in [1.29, 1.82) is 0 Å². The molecule has 0 radical (unpaired) electrons. The van der Waals surface area contributed by atoms with Gasteiger partial charge in [-0.15, -0.1) is 0 Å². The number of hydrogen-bond acceptors (Lipinski definition) is 4. The molecule has 1 aliphatic rings. The Bertz CT molecular complexity index is 1190. The quantitative estimate of drug-likeness (QED) is 0.491. The second-order valence-corrected chi connectivity index (χ2v) is 8.15. The van der Waals surface area contributed by atoms with Gasteiger partial charge in [-0.2, -0.15) is 23.4 Å². The normalized spacial score (nSPS) is 15.4. The summed E-state index contributed by atoms with van der Waals surface area (Å²) < 4.78 is 69.8. The van der Waals surface area contributed by atoms with Gasteiger partial charge in [0, 0.05) is 18.8 Å². The molecular formula is C22H22F5N5O. The molecule has 11 heteroatoms. The Hall–Kier alpha value is -3.11. The summed E-state index contributed by atoms with van der Waals surface area (Å²) in [6.45, 7) is -0.538. The molecule has 0 amide bonds. The smallest absolute Gasteiger partial charge is 0.267 e. The van der Waals surface area contributed by atoms with E-state index in [1.165, 1.54) is 24.0 Å². The Balaban J connectivity index is 1.89. The molecule has 3 aromatic heterocycles. The summed E-state index contributed by atoms with van der Waals surface area (Å²) in [6, 6.07) is 3.53. The SMILES string of the molecule is Cn1ncc(C(F)F)c1-c1cc(C2CCCCC2)c(=O)n(Cc2ncccc2C(F)(F)F)n1.